The molecule has 1 amide bonds. The number of likely N-dealkylation sites (tertiary alicyclic amines) is 2. The van der Waals surface area contributed by atoms with E-state index in [1.807, 2.05) is 0 Å². The zero-order valence-corrected chi connectivity index (χ0v) is 18.5. The molecule has 0 bridgehead atoms. The summed E-state index contributed by atoms with van der Waals surface area (Å²) in [6, 6.07) is 0.398. The van der Waals surface area contributed by atoms with Gasteiger partial charge in [-0.05, 0) is 102 Å². The number of nitrogens with one attached hydrogen (secondary N) is 2. The Labute approximate surface area is 175 Å². The number of amides is 1. The van der Waals surface area contributed by atoms with E-state index in [9.17, 15) is 4.79 Å². The van der Waals surface area contributed by atoms with Crippen molar-refractivity contribution in [3.8, 4) is 0 Å². The van der Waals surface area contributed by atoms with Crippen LogP contribution in [0, 0.1) is 12.8 Å². The molecule has 0 spiro atoms. The number of rotatable bonds is 6. The summed E-state index contributed by atoms with van der Waals surface area (Å²) in [5.41, 5.74) is 4.10. The third-order valence-corrected chi connectivity index (χ3v) is 6.94. The Bertz CT molecular complexity index is 683. The molecule has 0 saturated carbocycles. The first-order valence-electron chi connectivity index (χ1n) is 11.1. The molecule has 3 rings (SSSR count). The van der Waals surface area contributed by atoms with Crippen LogP contribution in [-0.2, 0) is 4.74 Å². The van der Waals surface area contributed by atoms with Crippen LogP contribution < -0.4 is 5.32 Å². The minimum Gasteiger partial charge on any atom is -0.453 e. The Kier molecular flexibility index (Phi) is 7.78. The highest BCUT2D eigenvalue weighted by atomic mass is 16.5. The largest absolute Gasteiger partial charge is 0.453 e. The Balaban J connectivity index is 1.63. The molecule has 29 heavy (non-hydrogen) atoms. The van der Waals surface area contributed by atoms with Crippen LogP contribution in [-0.4, -0.2) is 73.8 Å². The molecule has 2 aliphatic rings. The average Bonchev–Trinajstić information content (AvgIpc) is 3.10. The average molecular weight is 403 g/mol. The van der Waals surface area contributed by atoms with Gasteiger partial charge in [-0.25, -0.2) is 4.79 Å². The fraction of sp³-hybridized carbons (Fsp3) is 0.696. The van der Waals surface area contributed by atoms with Crippen molar-refractivity contribution in [1.29, 1.82) is 0 Å². The first kappa shape index (κ1) is 21.9. The lowest BCUT2D eigenvalue weighted by Gasteiger charge is -2.43. The lowest BCUT2D eigenvalue weighted by atomic mass is 9.84. The number of allylic oxidation sites excluding steroid dienone is 1. The second kappa shape index (κ2) is 10.3. The first-order valence-corrected chi connectivity index (χ1v) is 11.1. The van der Waals surface area contributed by atoms with Crippen molar-refractivity contribution >= 4 is 12.2 Å². The highest BCUT2D eigenvalue weighted by Gasteiger charge is 2.33. The van der Waals surface area contributed by atoms with E-state index >= 15 is 0 Å². The van der Waals surface area contributed by atoms with Crippen molar-refractivity contribution in [2.24, 2.45) is 5.92 Å². The minimum absolute atomic E-state index is 0.322. The van der Waals surface area contributed by atoms with E-state index in [4.69, 9.17) is 4.74 Å². The monoisotopic (exact) mass is 402 g/mol. The van der Waals surface area contributed by atoms with E-state index in [-0.39, 0.29) is 6.09 Å². The van der Waals surface area contributed by atoms with Gasteiger partial charge in [0.15, 0.2) is 0 Å². The van der Waals surface area contributed by atoms with Crippen molar-refractivity contribution in [2.75, 3.05) is 46.9 Å². The van der Waals surface area contributed by atoms with Gasteiger partial charge in [-0.1, -0.05) is 6.08 Å². The van der Waals surface area contributed by atoms with E-state index in [1.54, 1.807) is 0 Å². The Morgan fingerprint density at radius 2 is 1.97 bits per heavy atom. The van der Waals surface area contributed by atoms with Crippen molar-refractivity contribution in [2.45, 2.75) is 51.5 Å². The summed E-state index contributed by atoms with van der Waals surface area (Å²) in [6.07, 6.45) is 10.9. The summed E-state index contributed by atoms with van der Waals surface area (Å²) in [7, 11) is 3.64. The fourth-order valence-electron chi connectivity index (χ4n) is 5.10. The van der Waals surface area contributed by atoms with Gasteiger partial charge in [0.2, 0.25) is 0 Å². The summed E-state index contributed by atoms with van der Waals surface area (Å²) in [5, 5.41) is 2.98. The van der Waals surface area contributed by atoms with Crippen LogP contribution in [0.3, 0.4) is 0 Å². The normalized spacial score (nSPS) is 21.5. The van der Waals surface area contributed by atoms with Gasteiger partial charge in [0.05, 0.1) is 7.11 Å². The molecule has 2 N–H and O–H groups in total. The van der Waals surface area contributed by atoms with Gasteiger partial charge in [0.25, 0.3) is 0 Å². The number of aromatic amines is 1. The number of hydrogen-bond donors (Lipinski definition) is 2. The smallest absolute Gasteiger partial charge is 0.406 e. The zero-order valence-electron chi connectivity index (χ0n) is 18.5. The molecular formula is C23H38N4O2. The van der Waals surface area contributed by atoms with Gasteiger partial charge in [0.1, 0.15) is 0 Å². The quantitative estimate of drug-likeness (QED) is 0.763. The van der Waals surface area contributed by atoms with E-state index < -0.39 is 0 Å². The number of carbonyl (C=O) groups is 1. The number of piperidine rings is 2. The number of aromatic nitrogens is 1. The molecule has 0 radical (unpaired) electrons. The second-order valence-electron chi connectivity index (χ2n) is 8.67. The minimum atomic E-state index is -0.322. The maximum atomic E-state index is 11.7. The summed E-state index contributed by atoms with van der Waals surface area (Å²) in [6.45, 7) is 9.44. The Morgan fingerprint density at radius 1 is 1.28 bits per heavy atom. The molecule has 2 saturated heterocycles. The third kappa shape index (κ3) is 5.43. The summed E-state index contributed by atoms with van der Waals surface area (Å²) in [5.74, 6) is 1.25. The van der Waals surface area contributed by atoms with E-state index in [2.05, 4.69) is 59.3 Å². The predicted octanol–water partition coefficient (Wildman–Crippen LogP) is 3.60. The Morgan fingerprint density at radius 3 is 2.59 bits per heavy atom. The zero-order chi connectivity index (χ0) is 20.8. The molecule has 1 atom stereocenters. The number of H-pyrrole nitrogens is 1. The van der Waals surface area contributed by atoms with E-state index in [0.29, 0.717) is 24.4 Å². The molecule has 6 nitrogen and oxygen atoms in total. The maximum Gasteiger partial charge on any atom is 0.406 e. The van der Waals surface area contributed by atoms with Crippen LogP contribution in [0.25, 0.3) is 6.08 Å². The van der Waals surface area contributed by atoms with Gasteiger partial charge >= 0.3 is 6.09 Å². The molecule has 1 unspecified atom stereocenters. The fourth-order valence-corrected chi connectivity index (χ4v) is 5.10. The molecule has 0 aliphatic carbocycles. The van der Waals surface area contributed by atoms with E-state index in [1.165, 1.54) is 49.6 Å². The molecule has 6 heteroatoms. The van der Waals surface area contributed by atoms with Crippen molar-refractivity contribution in [3.63, 3.8) is 0 Å². The molecular weight excluding hydrogens is 364 g/mol. The van der Waals surface area contributed by atoms with Crippen LogP contribution in [0.4, 0.5) is 4.79 Å². The predicted molar refractivity (Wildman–Crippen MR) is 118 cm³/mol. The topological polar surface area (TPSA) is 60.6 Å². The molecule has 2 fully saturated rings. The highest BCUT2D eigenvalue weighted by molar-refractivity contribution is 5.66. The second-order valence-corrected chi connectivity index (χ2v) is 8.67. The summed E-state index contributed by atoms with van der Waals surface area (Å²) in [4.78, 5) is 20.2. The summed E-state index contributed by atoms with van der Waals surface area (Å²) >= 11 is 0. The van der Waals surface area contributed by atoms with Crippen molar-refractivity contribution < 1.29 is 9.53 Å². The van der Waals surface area contributed by atoms with Gasteiger partial charge in [-0.3, -0.25) is 4.90 Å². The standard InChI is InChI=1S/C23H38N4O2/c1-5-6-21-17(2)20(15-24-21)18-9-13-27(14-10-18)22(16-25-23(28)29-4)19-7-11-26(3)12-8-19/h5-6,15,18-19,22,24H,7-14,16H2,1-4H3,(H,25,28)/b6-5-. The van der Waals surface area contributed by atoms with Crippen LogP contribution in [0.2, 0.25) is 0 Å². The molecule has 0 aromatic carbocycles. The van der Waals surface area contributed by atoms with Crippen LogP contribution in [0.5, 0.6) is 0 Å². The SMILES string of the molecule is C/C=C\c1[nH]cc(C2CCN(C(CNC(=O)OC)C3CCN(C)CC3)CC2)c1C. The van der Waals surface area contributed by atoms with Gasteiger partial charge in [-0.2, -0.15) is 0 Å². The van der Waals surface area contributed by atoms with Crippen LogP contribution in [0.1, 0.15) is 55.3 Å². The van der Waals surface area contributed by atoms with Gasteiger partial charge in [-0.15, -0.1) is 0 Å². The number of hydrogen-bond acceptors (Lipinski definition) is 4. The van der Waals surface area contributed by atoms with Crippen LogP contribution >= 0.6 is 0 Å². The lowest BCUT2D eigenvalue weighted by molar-refractivity contribution is 0.0728. The van der Waals surface area contributed by atoms with Crippen molar-refractivity contribution in [3.05, 3.63) is 29.1 Å². The number of ether oxygens (including phenoxy) is 1. The first-order chi connectivity index (χ1) is 14.0. The van der Waals surface area contributed by atoms with Crippen molar-refractivity contribution in [1.82, 2.24) is 20.1 Å². The van der Waals surface area contributed by atoms with Gasteiger partial charge in [0, 0.05) is 24.5 Å². The molecule has 162 valence electrons. The third-order valence-electron chi connectivity index (χ3n) is 6.94. The van der Waals surface area contributed by atoms with Crippen LogP contribution in [0.15, 0.2) is 12.3 Å². The number of carbonyl (C=O) groups excluding carboxylic acids is 1. The lowest BCUT2D eigenvalue weighted by Crippen LogP contribution is -2.52. The molecule has 3 heterocycles. The van der Waals surface area contributed by atoms with Gasteiger partial charge < -0.3 is 19.9 Å². The number of nitrogens with zero attached hydrogens (tertiary/aromatic N) is 2. The maximum absolute atomic E-state index is 11.7. The molecule has 1 aromatic heterocycles. The number of alkyl carbamates (subject to hydrolysis) is 1. The van der Waals surface area contributed by atoms with E-state index in [0.717, 1.165) is 26.2 Å². The molecule has 2 aliphatic heterocycles. The highest BCUT2D eigenvalue weighted by Crippen LogP contribution is 2.34. The Hall–Kier alpha value is -1.79. The molecule has 1 aromatic rings. The summed E-state index contributed by atoms with van der Waals surface area (Å²) < 4.78 is 4.82. The number of methoxy groups -OCH3 is 1.